The van der Waals surface area contributed by atoms with E-state index >= 15 is 0 Å². The van der Waals surface area contributed by atoms with E-state index in [1.807, 2.05) is 42.6 Å². The second kappa shape index (κ2) is 10.6. The fourth-order valence-corrected chi connectivity index (χ4v) is 3.47. The van der Waals surface area contributed by atoms with Gasteiger partial charge < -0.3 is 20.3 Å². The normalized spacial score (nSPS) is 14.4. The van der Waals surface area contributed by atoms with E-state index in [-0.39, 0.29) is 0 Å². The summed E-state index contributed by atoms with van der Waals surface area (Å²) >= 11 is 0. The van der Waals surface area contributed by atoms with Gasteiger partial charge in [-0.15, -0.1) is 0 Å². The lowest BCUT2D eigenvalue weighted by Crippen LogP contribution is -2.38. The second-order valence-corrected chi connectivity index (χ2v) is 7.58. The number of pyridine rings is 1. The molecule has 2 aromatic carbocycles. The lowest BCUT2D eigenvalue weighted by molar-refractivity contribution is 0.122. The topological polar surface area (TPSA) is 61.8 Å². The maximum atomic E-state index is 5.49. The Labute approximate surface area is 184 Å². The Hall–Kier alpha value is -3.38. The maximum Gasteiger partial charge on any atom is 0.196 e. The molecule has 160 valence electrons. The van der Waals surface area contributed by atoms with Gasteiger partial charge in [0.1, 0.15) is 5.82 Å². The van der Waals surface area contributed by atoms with E-state index in [1.165, 1.54) is 11.1 Å². The summed E-state index contributed by atoms with van der Waals surface area (Å²) in [6.07, 6.45) is 1.85. The molecule has 6 heteroatoms. The molecule has 2 heterocycles. The van der Waals surface area contributed by atoms with Crippen LogP contribution >= 0.6 is 0 Å². The van der Waals surface area contributed by atoms with Crippen molar-refractivity contribution >= 4 is 17.5 Å². The summed E-state index contributed by atoms with van der Waals surface area (Å²) < 4.78 is 5.49. The van der Waals surface area contributed by atoms with E-state index in [0.717, 1.165) is 49.3 Å². The molecule has 0 atom stereocenters. The van der Waals surface area contributed by atoms with Crippen molar-refractivity contribution in [3.63, 3.8) is 0 Å². The third-order valence-corrected chi connectivity index (χ3v) is 5.20. The van der Waals surface area contributed by atoms with Gasteiger partial charge in [0.05, 0.1) is 19.8 Å². The molecule has 1 fully saturated rings. The lowest BCUT2D eigenvalue weighted by Gasteiger charge is -2.29. The molecule has 2 N–H and O–H groups in total. The molecule has 0 radical (unpaired) electrons. The number of aryl methyl sites for hydroxylation is 1. The molecule has 31 heavy (non-hydrogen) atoms. The van der Waals surface area contributed by atoms with Gasteiger partial charge in [-0.3, -0.25) is 0 Å². The van der Waals surface area contributed by atoms with Gasteiger partial charge in [0.2, 0.25) is 0 Å². The number of hydrogen-bond donors (Lipinski definition) is 2. The van der Waals surface area contributed by atoms with E-state index in [2.05, 4.69) is 57.8 Å². The van der Waals surface area contributed by atoms with E-state index in [0.29, 0.717) is 13.1 Å². The Morgan fingerprint density at radius 1 is 1.00 bits per heavy atom. The Morgan fingerprint density at radius 3 is 2.55 bits per heavy atom. The van der Waals surface area contributed by atoms with Gasteiger partial charge in [-0.2, -0.15) is 0 Å². The molecule has 0 amide bonds. The minimum atomic E-state index is 0.603. The molecule has 4 rings (SSSR count). The number of ether oxygens (including phenoxy) is 1. The van der Waals surface area contributed by atoms with Crippen molar-refractivity contribution < 1.29 is 4.74 Å². The molecular formula is C25H29N5O. The van der Waals surface area contributed by atoms with Crippen LogP contribution in [-0.2, 0) is 17.8 Å². The van der Waals surface area contributed by atoms with Crippen LogP contribution in [0.3, 0.4) is 0 Å². The first-order valence-electron chi connectivity index (χ1n) is 10.7. The molecular weight excluding hydrogens is 386 g/mol. The number of nitrogens with zero attached hydrogens (tertiary/aromatic N) is 3. The monoisotopic (exact) mass is 415 g/mol. The number of benzene rings is 2. The molecule has 0 spiro atoms. The van der Waals surface area contributed by atoms with E-state index in [1.54, 1.807) is 0 Å². The first-order chi connectivity index (χ1) is 15.3. The molecule has 1 aromatic heterocycles. The number of guanidine groups is 1. The number of rotatable bonds is 6. The predicted molar refractivity (Wildman–Crippen MR) is 126 cm³/mol. The van der Waals surface area contributed by atoms with Crippen LogP contribution in [0, 0.1) is 6.92 Å². The average molecular weight is 416 g/mol. The van der Waals surface area contributed by atoms with Gasteiger partial charge in [-0.25, -0.2) is 9.98 Å². The molecule has 0 aliphatic carbocycles. The molecule has 0 saturated carbocycles. The van der Waals surface area contributed by atoms with Gasteiger partial charge in [-0.05, 0) is 30.7 Å². The van der Waals surface area contributed by atoms with Gasteiger partial charge >= 0.3 is 0 Å². The summed E-state index contributed by atoms with van der Waals surface area (Å²) in [4.78, 5) is 11.7. The summed E-state index contributed by atoms with van der Waals surface area (Å²) in [5.74, 6) is 1.75. The fourth-order valence-electron chi connectivity index (χ4n) is 3.47. The summed E-state index contributed by atoms with van der Waals surface area (Å²) in [7, 11) is 0. The number of para-hydroxylation sites is 1. The first-order valence-corrected chi connectivity index (χ1v) is 10.7. The Balaban J connectivity index is 1.49. The number of aromatic nitrogens is 1. The molecule has 3 aromatic rings. The molecule has 1 saturated heterocycles. The average Bonchev–Trinajstić information content (AvgIpc) is 2.83. The third kappa shape index (κ3) is 6.06. The molecule has 0 unspecified atom stereocenters. The minimum Gasteiger partial charge on any atom is -0.378 e. The van der Waals surface area contributed by atoms with Gasteiger partial charge in [0.15, 0.2) is 5.96 Å². The van der Waals surface area contributed by atoms with Crippen LogP contribution in [0.25, 0.3) is 0 Å². The Bertz CT molecular complexity index is 982. The first kappa shape index (κ1) is 20.9. The molecule has 6 nitrogen and oxygen atoms in total. The van der Waals surface area contributed by atoms with Crippen molar-refractivity contribution in [2.24, 2.45) is 4.99 Å². The van der Waals surface area contributed by atoms with Gasteiger partial charge in [0.25, 0.3) is 0 Å². The van der Waals surface area contributed by atoms with Crippen LogP contribution in [0.2, 0.25) is 0 Å². The standard InChI is InChI=1S/C25H29N5O/c1-20-9-11-21(12-10-20)18-27-25(29-23-7-3-2-4-8-23)28-19-22-6-5-13-26-24(22)30-14-16-31-17-15-30/h2-13H,14-19H2,1H3,(H2,27,28,29). The zero-order valence-electron chi connectivity index (χ0n) is 17.9. The molecule has 0 bridgehead atoms. The number of anilines is 2. The zero-order chi connectivity index (χ0) is 21.3. The van der Waals surface area contributed by atoms with E-state index in [4.69, 9.17) is 9.73 Å². The second-order valence-electron chi connectivity index (χ2n) is 7.58. The number of aliphatic imine (C=N–C) groups is 1. The van der Waals surface area contributed by atoms with E-state index < -0.39 is 0 Å². The van der Waals surface area contributed by atoms with Crippen molar-refractivity contribution in [1.29, 1.82) is 0 Å². The number of hydrogen-bond acceptors (Lipinski definition) is 4. The number of nitrogens with one attached hydrogen (secondary N) is 2. The van der Waals surface area contributed by atoms with Crippen LogP contribution in [0.15, 0.2) is 77.9 Å². The van der Waals surface area contributed by atoms with Crippen molar-refractivity contribution in [2.75, 3.05) is 36.5 Å². The van der Waals surface area contributed by atoms with Crippen LogP contribution in [-0.4, -0.2) is 37.2 Å². The highest BCUT2D eigenvalue weighted by molar-refractivity contribution is 5.93. The Kier molecular flexibility index (Phi) is 7.13. The summed E-state index contributed by atoms with van der Waals surface area (Å²) in [5, 5.41) is 6.90. The molecule has 1 aliphatic heterocycles. The number of morpholine rings is 1. The van der Waals surface area contributed by atoms with Gasteiger partial charge in [0, 0.05) is 37.1 Å². The highest BCUT2D eigenvalue weighted by atomic mass is 16.5. The zero-order valence-corrected chi connectivity index (χ0v) is 17.9. The van der Waals surface area contributed by atoms with Crippen molar-refractivity contribution in [3.05, 3.63) is 89.6 Å². The van der Waals surface area contributed by atoms with Crippen molar-refractivity contribution in [3.8, 4) is 0 Å². The quantitative estimate of drug-likeness (QED) is 0.471. The highest BCUT2D eigenvalue weighted by Gasteiger charge is 2.16. The van der Waals surface area contributed by atoms with Crippen molar-refractivity contribution in [2.45, 2.75) is 20.0 Å². The maximum absolute atomic E-state index is 5.49. The fraction of sp³-hybridized carbons (Fsp3) is 0.280. The SMILES string of the molecule is Cc1ccc(CN=C(NCc2cccnc2N2CCOCC2)Nc2ccccc2)cc1. The lowest BCUT2D eigenvalue weighted by atomic mass is 10.1. The predicted octanol–water partition coefficient (Wildman–Crippen LogP) is 3.98. The van der Waals surface area contributed by atoms with Crippen LogP contribution in [0.5, 0.6) is 0 Å². The largest absolute Gasteiger partial charge is 0.378 e. The smallest absolute Gasteiger partial charge is 0.196 e. The summed E-state index contributed by atoms with van der Waals surface area (Å²) in [5.41, 5.74) is 4.57. The molecule has 1 aliphatic rings. The van der Waals surface area contributed by atoms with E-state index in [9.17, 15) is 0 Å². The van der Waals surface area contributed by atoms with Gasteiger partial charge in [-0.1, -0.05) is 54.1 Å². The van der Waals surface area contributed by atoms with Crippen molar-refractivity contribution in [1.82, 2.24) is 10.3 Å². The highest BCUT2D eigenvalue weighted by Crippen LogP contribution is 2.18. The summed E-state index contributed by atoms with van der Waals surface area (Å²) in [6.45, 7) is 6.53. The van der Waals surface area contributed by atoms with Crippen LogP contribution in [0.1, 0.15) is 16.7 Å². The van der Waals surface area contributed by atoms with Crippen LogP contribution in [0.4, 0.5) is 11.5 Å². The van der Waals surface area contributed by atoms with Crippen LogP contribution < -0.4 is 15.5 Å². The third-order valence-electron chi connectivity index (χ3n) is 5.20. The Morgan fingerprint density at radius 2 is 1.77 bits per heavy atom. The minimum absolute atomic E-state index is 0.603. The summed E-state index contributed by atoms with van der Waals surface area (Å²) in [6, 6.07) is 22.7.